The van der Waals surface area contributed by atoms with E-state index in [0.717, 1.165) is 12.8 Å². The smallest absolute Gasteiger partial charge is 0.224 e. The van der Waals surface area contributed by atoms with Gasteiger partial charge in [-0.25, -0.2) is 0 Å². The highest BCUT2D eigenvalue weighted by Gasteiger charge is 2.18. The average Bonchev–Trinajstić information content (AvgIpc) is 2.24. The molecule has 0 bridgehead atoms. The van der Waals surface area contributed by atoms with Gasteiger partial charge in [0.25, 0.3) is 0 Å². The Morgan fingerprint density at radius 2 is 2.27 bits per heavy atom. The topological polar surface area (TPSA) is 84.6 Å². The second-order valence-corrected chi connectivity index (χ2v) is 3.56. The third-order valence-electron chi connectivity index (χ3n) is 2.23. The molecule has 5 heteroatoms. The van der Waals surface area contributed by atoms with Gasteiger partial charge in [-0.15, -0.1) is 0 Å². The number of aliphatic hydroxyl groups is 1. The fourth-order valence-electron chi connectivity index (χ4n) is 1.36. The van der Waals surface area contributed by atoms with Gasteiger partial charge in [0.15, 0.2) is 0 Å². The lowest BCUT2D eigenvalue weighted by atomic mass is 10.0. The standard InChI is InChI=1S/C10H22N2O3/c1-3-4-8(5-11)10(14)12-9(6-13)7-15-2/h8-9,13H,3-7,11H2,1-2H3,(H,12,14). The van der Waals surface area contributed by atoms with Crippen LogP contribution in [-0.4, -0.2) is 43.9 Å². The Labute approximate surface area is 91.0 Å². The van der Waals surface area contributed by atoms with Gasteiger partial charge in [0.2, 0.25) is 5.91 Å². The molecule has 0 aliphatic carbocycles. The van der Waals surface area contributed by atoms with E-state index in [1.54, 1.807) is 0 Å². The molecular formula is C10H22N2O3. The first kappa shape index (κ1) is 14.3. The Bertz CT molecular complexity index is 176. The zero-order chi connectivity index (χ0) is 11.7. The van der Waals surface area contributed by atoms with Crippen molar-refractivity contribution in [2.45, 2.75) is 25.8 Å². The summed E-state index contributed by atoms with van der Waals surface area (Å²) in [4.78, 5) is 11.7. The molecule has 0 spiro atoms. The van der Waals surface area contributed by atoms with Gasteiger partial charge in [-0.3, -0.25) is 4.79 Å². The number of rotatable bonds is 8. The van der Waals surface area contributed by atoms with Gasteiger partial charge in [0.05, 0.1) is 25.2 Å². The number of aliphatic hydroxyl groups excluding tert-OH is 1. The van der Waals surface area contributed by atoms with Crippen LogP contribution in [0.25, 0.3) is 0 Å². The quantitative estimate of drug-likeness (QED) is 0.512. The van der Waals surface area contributed by atoms with Crippen molar-refractivity contribution in [3.63, 3.8) is 0 Å². The summed E-state index contributed by atoms with van der Waals surface area (Å²) in [6, 6.07) is -0.339. The van der Waals surface area contributed by atoms with E-state index in [1.165, 1.54) is 7.11 Å². The highest BCUT2D eigenvalue weighted by atomic mass is 16.5. The Morgan fingerprint density at radius 1 is 1.60 bits per heavy atom. The second kappa shape index (κ2) is 8.64. The molecule has 0 aromatic heterocycles. The SMILES string of the molecule is CCCC(CN)C(=O)NC(CO)COC. The molecule has 1 amide bonds. The Kier molecular flexibility index (Phi) is 8.27. The summed E-state index contributed by atoms with van der Waals surface area (Å²) < 4.78 is 4.86. The summed E-state index contributed by atoms with van der Waals surface area (Å²) in [7, 11) is 1.53. The van der Waals surface area contributed by atoms with Crippen molar-refractivity contribution in [3.05, 3.63) is 0 Å². The van der Waals surface area contributed by atoms with Crippen molar-refractivity contribution >= 4 is 5.91 Å². The van der Waals surface area contributed by atoms with Gasteiger partial charge in [-0.05, 0) is 6.42 Å². The number of carbonyl (C=O) groups is 1. The molecule has 0 aromatic rings. The molecule has 0 heterocycles. The highest BCUT2D eigenvalue weighted by molar-refractivity contribution is 5.79. The van der Waals surface area contributed by atoms with E-state index in [-0.39, 0.29) is 24.5 Å². The number of methoxy groups -OCH3 is 1. The number of hydrogen-bond donors (Lipinski definition) is 3. The van der Waals surface area contributed by atoms with E-state index in [1.807, 2.05) is 6.92 Å². The van der Waals surface area contributed by atoms with Crippen LogP contribution in [0.1, 0.15) is 19.8 Å². The van der Waals surface area contributed by atoms with E-state index in [0.29, 0.717) is 13.2 Å². The van der Waals surface area contributed by atoms with Crippen molar-refractivity contribution in [2.75, 3.05) is 26.9 Å². The normalized spacial score (nSPS) is 14.7. The van der Waals surface area contributed by atoms with Gasteiger partial charge < -0.3 is 20.9 Å². The summed E-state index contributed by atoms with van der Waals surface area (Å²) >= 11 is 0. The maximum Gasteiger partial charge on any atom is 0.224 e. The largest absolute Gasteiger partial charge is 0.394 e. The molecule has 0 radical (unpaired) electrons. The molecule has 0 saturated heterocycles. The lowest BCUT2D eigenvalue weighted by molar-refractivity contribution is -0.126. The third-order valence-corrected chi connectivity index (χ3v) is 2.23. The number of hydrogen-bond acceptors (Lipinski definition) is 4. The van der Waals surface area contributed by atoms with Gasteiger partial charge >= 0.3 is 0 Å². The molecule has 0 aromatic carbocycles. The fraction of sp³-hybridized carbons (Fsp3) is 0.900. The lowest BCUT2D eigenvalue weighted by Gasteiger charge is -2.19. The summed E-state index contributed by atoms with van der Waals surface area (Å²) in [5, 5.41) is 11.7. The monoisotopic (exact) mass is 218 g/mol. The first-order valence-electron chi connectivity index (χ1n) is 5.29. The van der Waals surface area contributed by atoms with Crippen LogP contribution in [0.4, 0.5) is 0 Å². The van der Waals surface area contributed by atoms with Crippen molar-refractivity contribution in [3.8, 4) is 0 Å². The first-order valence-corrected chi connectivity index (χ1v) is 5.29. The van der Waals surface area contributed by atoms with E-state index in [9.17, 15) is 4.79 Å². The van der Waals surface area contributed by atoms with Crippen molar-refractivity contribution in [2.24, 2.45) is 11.7 Å². The first-order chi connectivity index (χ1) is 7.19. The van der Waals surface area contributed by atoms with Crippen LogP contribution in [0.15, 0.2) is 0 Å². The van der Waals surface area contributed by atoms with Crippen LogP contribution < -0.4 is 11.1 Å². The van der Waals surface area contributed by atoms with Crippen LogP contribution in [0.3, 0.4) is 0 Å². The van der Waals surface area contributed by atoms with Crippen LogP contribution in [-0.2, 0) is 9.53 Å². The molecule has 5 nitrogen and oxygen atoms in total. The van der Waals surface area contributed by atoms with Crippen LogP contribution in [0.5, 0.6) is 0 Å². The molecule has 90 valence electrons. The summed E-state index contributed by atoms with van der Waals surface area (Å²) in [5.41, 5.74) is 5.50. The van der Waals surface area contributed by atoms with E-state index < -0.39 is 0 Å². The van der Waals surface area contributed by atoms with Crippen LogP contribution >= 0.6 is 0 Å². The minimum Gasteiger partial charge on any atom is -0.394 e. The molecule has 4 N–H and O–H groups in total. The number of carbonyl (C=O) groups excluding carboxylic acids is 1. The molecule has 0 fully saturated rings. The summed E-state index contributed by atoms with van der Waals surface area (Å²) in [5.74, 6) is -0.267. The molecule has 2 unspecified atom stereocenters. The van der Waals surface area contributed by atoms with Crippen LogP contribution in [0, 0.1) is 5.92 Å². The average molecular weight is 218 g/mol. The molecule has 2 atom stereocenters. The van der Waals surface area contributed by atoms with Crippen molar-refractivity contribution in [1.29, 1.82) is 0 Å². The Morgan fingerprint density at radius 3 is 2.67 bits per heavy atom. The Balaban J connectivity index is 4.05. The van der Waals surface area contributed by atoms with Crippen LogP contribution in [0.2, 0.25) is 0 Å². The predicted molar refractivity (Wildman–Crippen MR) is 58.3 cm³/mol. The van der Waals surface area contributed by atoms with E-state index >= 15 is 0 Å². The highest BCUT2D eigenvalue weighted by Crippen LogP contribution is 2.04. The second-order valence-electron chi connectivity index (χ2n) is 3.56. The van der Waals surface area contributed by atoms with E-state index in [4.69, 9.17) is 15.6 Å². The van der Waals surface area contributed by atoms with Gasteiger partial charge in [-0.2, -0.15) is 0 Å². The number of ether oxygens (including phenoxy) is 1. The van der Waals surface area contributed by atoms with Gasteiger partial charge in [-0.1, -0.05) is 13.3 Å². The van der Waals surface area contributed by atoms with Crippen molar-refractivity contribution < 1.29 is 14.6 Å². The predicted octanol–water partition coefficient (Wildman–Crippen LogP) is -0.515. The molecular weight excluding hydrogens is 196 g/mol. The molecule has 0 aliphatic heterocycles. The maximum atomic E-state index is 11.7. The summed E-state index contributed by atoms with van der Waals surface area (Å²) in [6.07, 6.45) is 1.69. The summed E-state index contributed by atoms with van der Waals surface area (Å²) in [6.45, 7) is 2.54. The number of nitrogens with two attached hydrogens (primary N) is 1. The maximum absolute atomic E-state index is 11.7. The zero-order valence-electron chi connectivity index (χ0n) is 9.53. The molecule has 0 rings (SSSR count). The van der Waals surface area contributed by atoms with Crippen molar-refractivity contribution in [1.82, 2.24) is 5.32 Å². The van der Waals surface area contributed by atoms with Gasteiger partial charge in [0, 0.05) is 13.7 Å². The third kappa shape index (κ3) is 5.71. The fourth-order valence-corrected chi connectivity index (χ4v) is 1.36. The van der Waals surface area contributed by atoms with E-state index in [2.05, 4.69) is 5.32 Å². The minimum absolute atomic E-state index is 0.101. The molecule has 15 heavy (non-hydrogen) atoms. The zero-order valence-corrected chi connectivity index (χ0v) is 9.53. The lowest BCUT2D eigenvalue weighted by Crippen LogP contribution is -2.45. The minimum atomic E-state index is -0.339. The molecule has 0 aliphatic rings. The Hall–Kier alpha value is -0.650. The van der Waals surface area contributed by atoms with Gasteiger partial charge in [0.1, 0.15) is 0 Å². The number of nitrogens with one attached hydrogen (secondary N) is 1. The number of amides is 1. The molecule has 0 saturated carbocycles.